The second-order valence-corrected chi connectivity index (χ2v) is 3.20. The molecule has 0 bridgehead atoms. The number of rotatable bonds is 1. The maximum Gasteiger partial charge on any atom is 0.0601 e. The molecule has 1 aliphatic rings. The lowest BCUT2D eigenvalue weighted by molar-refractivity contribution is -0.00230. The minimum atomic E-state index is 0.522. The van der Waals surface area contributed by atoms with Gasteiger partial charge in [0.15, 0.2) is 0 Å². The minimum absolute atomic E-state index is 0.522. The molecule has 1 aliphatic heterocycles. The molecule has 0 aliphatic carbocycles. The van der Waals surface area contributed by atoms with Crippen LogP contribution < -0.4 is 0 Å². The molecule has 1 saturated heterocycles. The summed E-state index contributed by atoms with van der Waals surface area (Å²) in [6.07, 6.45) is 0. The van der Waals surface area contributed by atoms with Crippen molar-refractivity contribution in [1.29, 1.82) is 0 Å². The highest BCUT2D eigenvalue weighted by Crippen LogP contribution is 2.13. The Morgan fingerprint density at radius 2 is 2.30 bits per heavy atom. The highest BCUT2D eigenvalue weighted by atomic mass is 16.5. The third-order valence-electron chi connectivity index (χ3n) is 2.05. The molecule has 2 nitrogen and oxygen atoms in total. The first-order valence-electron chi connectivity index (χ1n) is 3.86. The summed E-state index contributed by atoms with van der Waals surface area (Å²) < 4.78 is 5.33. The molecule has 2 heteroatoms. The Balaban J connectivity index is 2.40. The highest BCUT2D eigenvalue weighted by Gasteiger charge is 2.17. The quantitative estimate of drug-likeness (QED) is 0.509. The molecule has 0 N–H and O–H groups in total. The van der Waals surface area contributed by atoms with Crippen LogP contribution in [0.2, 0.25) is 0 Å². The molecular weight excluding hydrogens is 126 g/mol. The summed E-state index contributed by atoms with van der Waals surface area (Å²) in [5, 5.41) is 0. The summed E-state index contributed by atoms with van der Waals surface area (Å²) in [6, 6.07) is 0.522. The van der Waals surface area contributed by atoms with Crippen molar-refractivity contribution < 1.29 is 4.74 Å². The Hall–Kier alpha value is -0.0800. The molecular formula is C8H16NO-. The number of ether oxygens (including phenoxy) is 1. The standard InChI is InChI=1S/C8H16NO/c1-7(2)8-6-10-5-4-9(8)3/h7-8H,3-6H2,1-2H3/q-1/t8-/m0/s1. The van der Waals surface area contributed by atoms with Crippen LogP contribution in [0, 0.1) is 13.0 Å². The largest absolute Gasteiger partial charge is 0.453 e. The Bertz CT molecular complexity index is 103. The van der Waals surface area contributed by atoms with E-state index in [1.165, 1.54) is 0 Å². The van der Waals surface area contributed by atoms with Gasteiger partial charge in [-0.2, -0.15) is 0 Å². The highest BCUT2D eigenvalue weighted by molar-refractivity contribution is 4.76. The maximum absolute atomic E-state index is 5.33. The molecule has 10 heavy (non-hydrogen) atoms. The Morgan fingerprint density at radius 3 is 2.70 bits per heavy atom. The summed E-state index contributed by atoms with van der Waals surface area (Å²) >= 11 is 0. The van der Waals surface area contributed by atoms with Gasteiger partial charge in [-0.25, -0.2) is 0 Å². The third kappa shape index (κ3) is 1.70. The van der Waals surface area contributed by atoms with E-state index in [1.807, 2.05) is 0 Å². The molecule has 1 rings (SSSR count). The zero-order chi connectivity index (χ0) is 7.56. The van der Waals surface area contributed by atoms with Crippen molar-refractivity contribution in [3.63, 3.8) is 0 Å². The van der Waals surface area contributed by atoms with Gasteiger partial charge in [-0.1, -0.05) is 13.8 Å². The van der Waals surface area contributed by atoms with E-state index >= 15 is 0 Å². The fourth-order valence-electron chi connectivity index (χ4n) is 1.27. The van der Waals surface area contributed by atoms with Crippen LogP contribution in [-0.4, -0.2) is 30.7 Å². The van der Waals surface area contributed by atoms with E-state index in [-0.39, 0.29) is 0 Å². The topological polar surface area (TPSA) is 12.5 Å². The maximum atomic E-state index is 5.33. The Kier molecular flexibility index (Phi) is 2.69. The van der Waals surface area contributed by atoms with Crippen LogP contribution >= 0.6 is 0 Å². The van der Waals surface area contributed by atoms with Gasteiger partial charge in [0.05, 0.1) is 13.2 Å². The van der Waals surface area contributed by atoms with Crippen LogP contribution in [0.25, 0.3) is 0 Å². The molecule has 0 spiro atoms. The van der Waals surface area contributed by atoms with Crippen molar-refractivity contribution in [2.45, 2.75) is 19.9 Å². The van der Waals surface area contributed by atoms with Gasteiger partial charge in [0, 0.05) is 6.04 Å². The van der Waals surface area contributed by atoms with Gasteiger partial charge >= 0.3 is 0 Å². The van der Waals surface area contributed by atoms with E-state index in [0.717, 1.165) is 19.8 Å². The minimum Gasteiger partial charge on any atom is -0.453 e. The fourth-order valence-corrected chi connectivity index (χ4v) is 1.27. The number of nitrogens with zero attached hydrogens (tertiary/aromatic N) is 1. The van der Waals surface area contributed by atoms with Gasteiger partial charge in [0.25, 0.3) is 0 Å². The van der Waals surface area contributed by atoms with Crippen LogP contribution in [0.1, 0.15) is 13.8 Å². The molecule has 0 amide bonds. The van der Waals surface area contributed by atoms with E-state index < -0.39 is 0 Å². The predicted octanol–water partition coefficient (Wildman–Crippen LogP) is 1.13. The van der Waals surface area contributed by atoms with Gasteiger partial charge in [-0.3, -0.25) is 7.05 Å². The Morgan fingerprint density at radius 1 is 1.60 bits per heavy atom. The van der Waals surface area contributed by atoms with E-state index in [1.54, 1.807) is 0 Å². The zero-order valence-electron chi connectivity index (χ0n) is 6.84. The number of hydrogen-bond donors (Lipinski definition) is 0. The van der Waals surface area contributed by atoms with E-state index in [0.29, 0.717) is 12.0 Å². The average molecular weight is 142 g/mol. The molecule has 60 valence electrons. The lowest BCUT2D eigenvalue weighted by atomic mass is 10.0. The van der Waals surface area contributed by atoms with Crippen molar-refractivity contribution in [3.8, 4) is 0 Å². The van der Waals surface area contributed by atoms with E-state index in [9.17, 15) is 0 Å². The van der Waals surface area contributed by atoms with Crippen LogP contribution in [0.3, 0.4) is 0 Å². The van der Waals surface area contributed by atoms with Gasteiger partial charge in [-0.05, 0) is 12.5 Å². The Labute approximate surface area is 63.2 Å². The van der Waals surface area contributed by atoms with Crippen LogP contribution in [0.15, 0.2) is 0 Å². The third-order valence-corrected chi connectivity index (χ3v) is 2.05. The smallest absolute Gasteiger partial charge is 0.0601 e. The molecule has 0 unspecified atom stereocenters. The molecule has 0 aromatic carbocycles. The van der Waals surface area contributed by atoms with Crippen molar-refractivity contribution in [1.82, 2.24) is 4.90 Å². The SMILES string of the molecule is [CH2-]N1CCOC[C@H]1C(C)C. The van der Waals surface area contributed by atoms with Crippen molar-refractivity contribution in [2.75, 3.05) is 19.8 Å². The van der Waals surface area contributed by atoms with Gasteiger partial charge < -0.3 is 9.64 Å². The first-order valence-corrected chi connectivity index (χ1v) is 3.86. The van der Waals surface area contributed by atoms with Crippen LogP contribution in [0.4, 0.5) is 0 Å². The zero-order valence-corrected chi connectivity index (χ0v) is 6.84. The normalized spacial score (nSPS) is 29.4. The molecule has 0 aromatic heterocycles. The molecule has 1 heterocycles. The first-order chi connectivity index (χ1) is 4.72. The molecule has 1 atom stereocenters. The van der Waals surface area contributed by atoms with Crippen molar-refractivity contribution >= 4 is 0 Å². The summed E-state index contributed by atoms with van der Waals surface area (Å²) in [5.74, 6) is 0.651. The fraction of sp³-hybridized carbons (Fsp3) is 0.875. The first kappa shape index (κ1) is 8.02. The van der Waals surface area contributed by atoms with Gasteiger partial charge in [0.2, 0.25) is 0 Å². The number of hydrogen-bond acceptors (Lipinski definition) is 2. The van der Waals surface area contributed by atoms with E-state index in [2.05, 4.69) is 25.8 Å². The van der Waals surface area contributed by atoms with Crippen LogP contribution in [0.5, 0.6) is 0 Å². The van der Waals surface area contributed by atoms with Crippen LogP contribution in [-0.2, 0) is 4.74 Å². The van der Waals surface area contributed by atoms with Gasteiger partial charge in [0.1, 0.15) is 0 Å². The van der Waals surface area contributed by atoms with E-state index in [4.69, 9.17) is 4.74 Å². The summed E-state index contributed by atoms with van der Waals surface area (Å²) in [4.78, 5) is 2.13. The van der Waals surface area contributed by atoms with Gasteiger partial charge in [-0.15, -0.1) is 0 Å². The average Bonchev–Trinajstić information content (AvgIpc) is 1.88. The monoisotopic (exact) mass is 142 g/mol. The number of morpholine rings is 1. The molecule has 0 aromatic rings. The molecule has 1 fully saturated rings. The predicted molar refractivity (Wildman–Crippen MR) is 41.5 cm³/mol. The summed E-state index contributed by atoms with van der Waals surface area (Å²) in [5.41, 5.74) is 0. The molecule has 0 saturated carbocycles. The summed E-state index contributed by atoms with van der Waals surface area (Å²) in [6.45, 7) is 7.08. The second kappa shape index (κ2) is 3.35. The summed E-state index contributed by atoms with van der Waals surface area (Å²) in [7, 11) is 3.95. The van der Waals surface area contributed by atoms with Crippen molar-refractivity contribution in [2.24, 2.45) is 5.92 Å². The lowest BCUT2D eigenvalue weighted by Gasteiger charge is -2.41. The lowest BCUT2D eigenvalue weighted by Crippen LogP contribution is -2.44. The van der Waals surface area contributed by atoms with Crippen molar-refractivity contribution in [3.05, 3.63) is 7.05 Å². The second-order valence-electron chi connectivity index (χ2n) is 3.20. The molecule has 0 radical (unpaired) electrons.